The Bertz CT molecular complexity index is 3200. The summed E-state index contributed by atoms with van der Waals surface area (Å²) in [6.45, 7) is 0. The number of benzene rings is 7. The maximum Gasteiger partial charge on any atom is 0.143 e. The summed E-state index contributed by atoms with van der Waals surface area (Å²) in [5.74, 6) is 0. The number of furan rings is 1. The number of hydrogen-bond donors (Lipinski definition) is 0. The Labute approximate surface area is 304 Å². The van der Waals surface area contributed by atoms with Gasteiger partial charge in [0.05, 0.1) is 33.6 Å². The molecular formula is C49H29N3O. The molecule has 4 aromatic heterocycles. The van der Waals surface area contributed by atoms with Gasteiger partial charge in [0.25, 0.3) is 0 Å². The number of nitrogens with zero attached hydrogens (tertiary/aromatic N) is 3. The van der Waals surface area contributed by atoms with E-state index in [9.17, 15) is 0 Å². The standard InChI is InChI=1S/C49H29N3O/c1-3-11-31(12-4-1)40-27-25-34-23-24-35-26-28-41(51-48(35)47(34)50-40)32-21-19-30(20-22-32)38-29-39-44(45-37-16-8-10-18-43(37)53-49(38)45)36-15-7-9-17-42(36)52-46(39)33-13-5-2-6-14-33/h1-29H. The molecule has 0 atom stereocenters. The van der Waals surface area contributed by atoms with E-state index in [-0.39, 0.29) is 0 Å². The molecule has 0 radical (unpaired) electrons. The van der Waals surface area contributed by atoms with Crippen molar-refractivity contribution in [3.05, 3.63) is 176 Å². The van der Waals surface area contributed by atoms with Crippen molar-refractivity contribution in [2.24, 2.45) is 0 Å². The van der Waals surface area contributed by atoms with Crippen LogP contribution in [0.2, 0.25) is 0 Å². The van der Waals surface area contributed by atoms with Gasteiger partial charge in [-0.3, -0.25) is 0 Å². The Morgan fingerprint density at radius 2 is 0.925 bits per heavy atom. The van der Waals surface area contributed by atoms with Crippen molar-refractivity contribution in [3.63, 3.8) is 0 Å². The lowest BCUT2D eigenvalue weighted by Gasteiger charge is -2.14. The van der Waals surface area contributed by atoms with Crippen LogP contribution in [0.15, 0.2) is 180 Å². The van der Waals surface area contributed by atoms with Gasteiger partial charge in [-0.1, -0.05) is 146 Å². The quantitative estimate of drug-likeness (QED) is 0.174. The fourth-order valence-corrected chi connectivity index (χ4v) is 7.88. The highest BCUT2D eigenvalue weighted by molar-refractivity contribution is 6.30. The minimum absolute atomic E-state index is 0.867. The lowest BCUT2D eigenvalue weighted by Crippen LogP contribution is -1.92. The van der Waals surface area contributed by atoms with Crippen LogP contribution in [0.5, 0.6) is 0 Å². The smallest absolute Gasteiger partial charge is 0.143 e. The number of hydrogen-bond acceptors (Lipinski definition) is 4. The highest BCUT2D eigenvalue weighted by Gasteiger charge is 2.21. The third kappa shape index (κ3) is 4.73. The Morgan fingerprint density at radius 3 is 1.62 bits per heavy atom. The second-order valence-electron chi connectivity index (χ2n) is 13.5. The van der Waals surface area contributed by atoms with Crippen molar-refractivity contribution in [1.29, 1.82) is 0 Å². The molecular weight excluding hydrogens is 647 g/mol. The van der Waals surface area contributed by atoms with Crippen LogP contribution in [0, 0.1) is 0 Å². The lowest BCUT2D eigenvalue weighted by atomic mass is 9.91. The SMILES string of the molecule is c1ccc(-c2ccc3ccc4ccc(-c5ccc(-c6cc7c(-c8ccccc8)nc8ccccc8c7c7c6oc6ccccc67)cc5)nc4c3n2)cc1. The molecule has 4 heterocycles. The second-order valence-corrected chi connectivity index (χ2v) is 13.5. The first-order chi connectivity index (χ1) is 26.3. The van der Waals surface area contributed by atoms with E-state index in [2.05, 4.69) is 146 Å². The van der Waals surface area contributed by atoms with E-state index >= 15 is 0 Å². The third-order valence-corrected chi connectivity index (χ3v) is 10.4. The molecule has 7 aromatic carbocycles. The Balaban J connectivity index is 1.10. The van der Waals surface area contributed by atoms with E-state index in [0.29, 0.717) is 0 Å². The highest BCUT2D eigenvalue weighted by atomic mass is 16.3. The average molecular weight is 676 g/mol. The zero-order valence-corrected chi connectivity index (χ0v) is 28.5. The van der Waals surface area contributed by atoms with Crippen molar-refractivity contribution >= 4 is 65.4 Å². The first-order valence-corrected chi connectivity index (χ1v) is 17.9. The lowest BCUT2D eigenvalue weighted by molar-refractivity contribution is 0.670. The summed E-state index contributed by atoms with van der Waals surface area (Å²) in [6.07, 6.45) is 0. The van der Waals surface area contributed by atoms with Crippen LogP contribution in [0.4, 0.5) is 0 Å². The minimum atomic E-state index is 0.867. The summed E-state index contributed by atoms with van der Waals surface area (Å²) in [6, 6.07) is 61.2. The molecule has 0 spiro atoms. The zero-order chi connectivity index (χ0) is 34.9. The van der Waals surface area contributed by atoms with E-state index in [4.69, 9.17) is 19.4 Å². The highest BCUT2D eigenvalue weighted by Crippen LogP contribution is 2.45. The van der Waals surface area contributed by atoms with Gasteiger partial charge in [-0.15, -0.1) is 0 Å². The summed E-state index contributed by atoms with van der Waals surface area (Å²) < 4.78 is 6.75. The van der Waals surface area contributed by atoms with Gasteiger partial charge in [0.2, 0.25) is 0 Å². The summed E-state index contributed by atoms with van der Waals surface area (Å²) in [4.78, 5) is 15.6. The van der Waals surface area contributed by atoms with Gasteiger partial charge in [-0.05, 0) is 35.9 Å². The van der Waals surface area contributed by atoms with Crippen molar-refractivity contribution in [3.8, 4) is 44.9 Å². The maximum atomic E-state index is 6.75. The third-order valence-electron chi connectivity index (χ3n) is 10.4. The molecule has 0 saturated carbocycles. The van der Waals surface area contributed by atoms with Crippen LogP contribution in [-0.4, -0.2) is 15.0 Å². The number of para-hydroxylation sites is 2. The first-order valence-electron chi connectivity index (χ1n) is 17.9. The Hall–Kier alpha value is -7.17. The van der Waals surface area contributed by atoms with Crippen molar-refractivity contribution < 1.29 is 4.42 Å². The summed E-state index contributed by atoms with van der Waals surface area (Å²) in [5, 5.41) is 7.71. The normalized spacial score (nSPS) is 11.8. The topological polar surface area (TPSA) is 51.8 Å². The number of rotatable bonds is 4. The predicted octanol–water partition coefficient (Wildman–Crippen LogP) is 13.1. The summed E-state index contributed by atoms with van der Waals surface area (Å²) >= 11 is 0. The molecule has 11 aromatic rings. The molecule has 4 nitrogen and oxygen atoms in total. The van der Waals surface area contributed by atoms with E-state index in [1.54, 1.807) is 0 Å². The molecule has 0 aliphatic rings. The molecule has 246 valence electrons. The van der Waals surface area contributed by atoms with Crippen LogP contribution >= 0.6 is 0 Å². The molecule has 4 heteroatoms. The molecule has 53 heavy (non-hydrogen) atoms. The number of fused-ring (bicyclic) bond motifs is 10. The monoisotopic (exact) mass is 675 g/mol. The van der Waals surface area contributed by atoms with Crippen LogP contribution in [-0.2, 0) is 0 Å². The van der Waals surface area contributed by atoms with Gasteiger partial charge < -0.3 is 4.42 Å². The fourth-order valence-electron chi connectivity index (χ4n) is 7.88. The minimum Gasteiger partial charge on any atom is -0.455 e. The van der Waals surface area contributed by atoms with Gasteiger partial charge in [-0.25, -0.2) is 15.0 Å². The van der Waals surface area contributed by atoms with E-state index in [1.165, 1.54) is 0 Å². The average Bonchev–Trinajstić information content (AvgIpc) is 3.63. The van der Waals surface area contributed by atoms with Crippen molar-refractivity contribution in [1.82, 2.24) is 15.0 Å². The molecule has 0 N–H and O–H groups in total. The summed E-state index contributed by atoms with van der Waals surface area (Å²) in [7, 11) is 0. The van der Waals surface area contributed by atoms with Crippen molar-refractivity contribution in [2.75, 3.05) is 0 Å². The van der Waals surface area contributed by atoms with Crippen LogP contribution in [0.3, 0.4) is 0 Å². The van der Waals surface area contributed by atoms with E-state index < -0.39 is 0 Å². The molecule has 0 unspecified atom stereocenters. The second kappa shape index (κ2) is 11.7. The zero-order valence-electron chi connectivity index (χ0n) is 28.5. The Morgan fingerprint density at radius 1 is 0.377 bits per heavy atom. The van der Waals surface area contributed by atoms with Crippen molar-refractivity contribution in [2.45, 2.75) is 0 Å². The fraction of sp³-hybridized carbons (Fsp3) is 0. The Kier molecular flexibility index (Phi) is 6.52. The van der Waals surface area contributed by atoms with E-state index in [0.717, 1.165) is 110 Å². The molecule has 0 aliphatic heterocycles. The van der Waals surface area contributed by atoms with Gasteiger partial charge in [0.15, 0.2) is 0 Å². The molecule has 0 aliphatic carbocycles. The van der Waals surface area contributed by atoms with Gasteiger partial charge in [-0.2, -0.15) is 0 Å². The van der Waals surface area contributed by atoms with E-state index in [1.807, 2.05) is 30.3 Å². The van der Waals surface area contributed by atoms with Gasteiger partial charge in [0.1, 0.15) is 11.2 Å². The van der Waals surface area contributed by atoms with Gasteiger partial charge >= 0.3 is 0 Å². The summed E-state index contributed by atoms with van der Waals surface area (Å²) in [5.41, 5.74) is 12.6. The van der Waals surface area contributed by atoms with Gasteiger partial charge in [0, 0.05) is 60.0 Å². The molecule has 0 saturated heterocycles. The van der Waals surface area contributed by atoms with Crippen LogP contribution in [0.1, 0.15) is 0 Å². The molecule has 0 amide bonds. The van der Waals surface area contributed by atoms with Crippen LogP contribution in [0.25, 0.3) is 110 Å². The number of aromatic nitrogens is 3. The molecule has 11 rings (SSSR count). The molecule has 0 fully saturated rings. The first kappa shape index (κ1) is 29.5. The predicted molar refractivity (Wildman–Crippen MR) is 219 cm³/mol. The molecule has 0 bridgehead atoms. The maximum absolute atomic E-state index is 6.75. The number of pyridine rings is 3. The largest absolute Gasteiger partial charge is 0.455 e. The van der Waals surface area contributed by atoms with Crippen LogP contribution < -0.4 is 0 Å².